The molecule has 2 aromatic heterocycles. The lowest BCUT2D eigenvalue weighted by atomic mass is 10.1. The number of amides is 1. The second kappa shape index (κ2) is 9.23. The number of rotatable bonds is 6. The fourth-order valence-corrected chi connectivity index (χ4v) is 3.62. The number of benzene rings is 2. The van der Waals surface area contributed by atoms with Crippen LogP contribution in [0.3, 0.4) is 0 Å². The number of non-ortho nitro benzene ring substituents is 1. The number of hydrazone groups is 1. The van der Waals surface area contributed by atoms with E-state index in [2.05, 4.69) is 20.6 Å². The molecule has 4 rings (SSSR count). The summed E-state index contributed by atoms with van der Waals surface area (Å²) in [5, 5.41) is 19.6. The molecular formula is C21H13F3N6O3S. The normalized spacial score (nSPS) is 11.6. The molecule has 0 atom stereocenters. The SMILES string of the molecule is O=C(N/N=C\c1ccc([N+](=O)[O-])cc1)c1csc(-n2nc(-c3ccccc3)cc2C(F)(F)F)n1. The van der Waals surface area contributed by atoms with Gasteiger partial charge in [0.2, 0.25) is 5.13 Å². The maximum Gasteiger partial charge on any atom is 0.433 e. The molecule has 0 bridgehead atoms. The molecule has 0 aliphatic heterocycles. The van der Waals surface area contributed by atoms with Gasteiger partial charge < -0.3 is 0 Å². The van der Waals surface area contributed by atoms with Crippen molar-refractivity contribution in [3.8, 4) is 16.4 Å². The minimum Gasteiger partial charge on any atom is -0.266 e. The van der Waals surface area contributed by atoms with Gasteiger partial charge in [-0.05, 0) is 23.8 Å². The van der Waals surface area contributed by atoms with Gasteiger partial charge in [0.05, 0.1) is 16.8 Å². The number of nitrogens with one attached hydrogen (secondary N) is 1. The van der Waals surface area contributed by atoms with E-state index >= 15 is 0 Å². The first-order valence-corrected chi connectivity index (χ1v) is 10.4. The Bertz CT molecular complexity index is 1360. The highest BCUT2D eigenvalue weighted by Crippen LogP contribution is 2.34. The van der Waals surface area contributed by atoms with Crippen LogP contribution >= 0.6 is 11.3 Å². The predicted octanol–water partition coefficient (Wildman–Crippen LogP) is 4.69. The maximum atomic E-state index is 13.6. The molecule has 2 heterocycles. The van der Waals surface area contributed by atoms with Crippen LogP contribution in [-0.4, -0.2) is 31.8 Å². The second-order valence-corrected chi connectivity index (χ2v) is 7.59. The molecule has 2 aromatic carbocycles. The molecule has 0 radical (unpaired) electrons. The number of aromatic nitrogens is 3. The number of nitro benzene ring substituents is 1. The van der Waals surface area contributed by atoms with Crippen molar-refractivity contribution in [3.05, 3.63) is 93.1 Å². The largest absolute Gasteiger partial charge is 0.433 e. The molecule has 0 aliphatic rings. The van der Waals surface area contributed by atoms with Crippen molar-refractivity contribution >= 4 is 29.1 Å². The highest BCUT2D eigenvalue weighted by atomic mass is 32.1. The summed E-state index contributed by atoms with van der Waals surface area (Å²) in [5.41, 5.74) is 2.05. The zero-order valence-electron chi connectivity index (χ0n) is 16.9. The zero-order valence-corrected chi connectivity index (χ0v) is 17.7. The van der Waals surface area contributed by atoms with E-state index in [1.807, 2.05) is 0 Å². The number of nitrogens with zero attached hydrogens (tertiary/aromatic N) is 5. The fourth-order valence-electron chi connectivity index (χ4n) is 2.85. The third-order valence-corrected chi connectivity index (χ3v) is 5.28. The summed E-state index contributed by atoms with van der Waals surface area (Å²) in [5.74, 6) is -0.746. The van der Waals surface area contributed by atoms with E-state index < -0.39 is 22.7 Å². The van der Waals surface area contributed by atoms with Crippen LogP contribution in [0.1, 0.15) is 21.7 Å². The fraction of sp³-hybridized carbons (Fsp3) is 0.0476. The molecule has 0 fully saturated rings. The molecule has 9 nitrogen and oxygen atoms in total. The van der Waals surface area contributed by atoms with Crippen LogP contribution in [0.4, 0.5) is 18.9 Å². The Balaban J connectivity index is 1.53. The lowest BCUT2D eigenvalue weighted by Crippen LogP contribution is -2.18. The van der Waals surface area contributed by atoms with Crippen molar-refractivity contribution in [1.82, 2.24) is 20.2 Å². The summed E-state index contributed by atoms with van der Waals surface area (Å²) in [6, 6.07) is 14.7. The van der Waals surface area contributed by atoms with Crippen molar-refractivity contribution in [1.29, 1.82) is 0 Å². The van der Waals surface area contributed by atoms with Crippen LogP contribution in [-0.2, 0) is 6.18 Å². The van der Waals surface area contributed by atoms with Gasteiger partial charge in [0, 0.05) is 23.1 Å². The number of nitro groups is 1. The number of thiazole rings is 1. The first-order valence-electron chi connectivity index (χ1n) is 9.49. The van der Waals surface area contributed by atoms with Crippen LogP contribution in [0.15, 0.2) is 71.1 Å². The molecule has 0 saturated heterocycles. The highest BCUT2D eigenvalue weighted by molar-refractivity contribution is 7.12. The molecule has 13 heteroatoms. The van der Waals surface area contributed by atoms with Gasteiger partial charge in [-0.2, -0.15) is 23.4 Å². The van der Waals surface area contributed by atoms with E-state index in [0.717, 1.165) is 17.4 Å². The summed E-state index contributed by atoms with van der Waals surface area (Å²) < 4.78 is 41.5. The first kappa shape index (κ1) is 22.8. The Labute approximate surface area is 193 Å². The Morgan fingerprint density at radius 1 is 1.15 bits per heavy atom. The van der Waals surface area contributed by atoms with Gasteiger partial charge in [-0.3, -0.25) is 14.9 Å². The molecule has 0 saturated carbocycles. The van der Waals surface area contributed by atoms with E-state index in [9.17, 15) is 28.1 Å². The molecule has 1 amide bonds. The van der Waals surface area contributed by atoms with Gasteiger partial charge in [-0.15, -0.1) is 11.3 Å². The van der Waals surface area contributed by atoms with Gasteiger partial charge in [0.25, 0.3) is 11.6 Å². The van der Waals surface area contributed by atoms with Gasteiger partial charge in [-0.1, -0.05) is 30.3 Å². The summed E-state index contributed by atoms with van der Waals surface area (Å²) in [6.07, 6.45) is -3.43. The monoisotopic (exact) mass is 486 g/mol. The van der Waals surface area contributed by atoms with Crippen molar-refractivity contribution in [2.45, 2.75) is 6.18 Å². The predicted molar refractivity (Wildman–Crippen MR) is 118 cm³/mol. The molecule has 0 unspecified atom stereocenters. The van der Waals surface area contributed by atoms with E-state index in [0.29, 0.717) is 15.8 Å². The average molecular weight is 486 g/mol. The molecule has 0 aliphatic carbocycles. The van der Waals surface area contributed by atoms with E-state index in [1.165, 1.54) is 35.9 Å². The summed E-state index contributed by atoms with van der Waals surface area (Å²) in [6.45, 7) is 0. The second-order valence-electron chi connectivity index (χ2n) is 6.75. The summed E-state index contributed by atoms with van der Waals surface area (Å²) >= 11 is 0.817. The van der Waals surface area contributed by atoms with Gasteiger partial charge >= 0.3 is 6.18 Å². The third kappa shape index (κ3) is 4.99. The lowest BCUT2D eigenvalue weighted by Gasteiger charge is -2.06. The Kier molecular flexibility index (Phi) is 6.19. The van der Waals surface area contributed by atoms with Gasteiger partial charge in [0.15, 0.2) is 5.69 Å². The van der Waals surface area contributed by atoms with Crippen molar-refractivity contribution in [2.75, 3.05) is 0 Å². The van der Waals surface area contributed by atoms with Crippen LogP contribution in [0.2, 0.25) is 0 Å². The van der Waals surface area contributed by atoms with E-state index in [1.54, 1.807) is 30.3 Å². The number of hydrogen-bond donors (Lipinski definition) is 1. The highest BCUT2D eigenvalue weighted by Gasteiger charge is 2.37. The minimum absolute atomic E-state index is 0.0940. The smallest absolute Gasteiger partial charge is 0.266 e. The number of hydrogen-bond acceptors (Lipinski definition) is 7. The van der Waals surface area contributed by atoms with Crippen LogP contribution < -0.4 is 5.43 Å². The van der Waals surface area contributed by atoms with E-state index in [4.69, 9.17) is 0 Å². The first-order chi connectivity index (χ1) is 16.2. The van der Waals surface area contributed by atoms with Crippen molar-refractivity contribution < 1.29 is 22.9 Å². The van der Waals surface area contributed by atoms with Gasteiger partial charge in [0.1, 0.15) is 5.69 Å². The van der Waals surface area contributed by atoms with Crippen LogP contribution in [0, 0.1) is 10.1 Å². The third-order valence-electron chi connectivity index (χ3n) is 4.46. The molecule has 1 N–H and O–H groups in total. The quantitative estimate of drug-likeness (QED) is 0.241. The van der Waals surface area contributed by atoms with Crippen LogP contribution in [0.5, 0.6) is 0 Å². The molecule has 34 heavy (non-hydrogen) atoms. The maximum absolute atomic E-state index is 13.6. The topological polar surface area (TPSA) is 115 Å². The Morgan fingerprint density at radius 3 is 2.50 bits per heavy atom. The molecule has 4 aromatic rings. The minimum atomic E-state index is -4.69. The number of carbonyl (C=O) groups is 1. The molecule has 0 spiro atoms. The van der Waals surface area contributed by atoms with Crippen LogP contribution in [0.25, 0.3) is 16.4 Å². The number of alkyl halides is 3. The van der Waals surface area contributed by atoms with Crippen molar-refractivity contribution in [2.24, 2.45) is 5.10 Å². The molecular weight excluding hydrogens is 473 g/mol. The average Bonchev–Trinajstić information content (AvgIpc) is 3.47. The molecule has 172 valence electrons. The summed E-state index contributed by atoms with van der Waals surface area (Å²) in [7, 11) is 0. The number of halogens is 3. The van der Waals surface area contributed by atoms with Gasteiger partial charge in [-0.25, -0.2) is 15.1 Å². The van der Waals surface area contributed by atoms with E-state index in [-0.39, 0.29) is 22.2 Å². The zero-order chi connectivity index (χ0) is 24.3. The lowest BCUT2D eigenvalue weighted by molar-refractivity contribution is -0.384. The van der Waals surface area contributed by atoms with Crippen molar-refractivity contribution in [3.63, 3.8) is 0 Å². The summed E-state index contributed by atoms with van der Waals surface area (Å²) in [4.78, 5) is 26.4. The Hall–Kier alpha value is -4.39. The Morgan fingerprint density at radius 2 is 1.85 bits per heavy atom. The standard InChI is InChI=1S/C21H13F3N6O3S/c22-21(23,24)18-10-16(14-4-2-1-3-5-14)28-29(18)20-26-17(12-34-20)19(31)27-25-11-13-6-8-15(9-7-13)30(32)33/h1-12H,(H,27,31)/b25-11-. The number of carbonyl (C=O) groups excluding carboxylic acids is 1.